The van der Waals surface area contributed by atoms with E-state index < -0.39 is 0 Å². The van der Waals surface area contributed by atoms with E-state index in [1.807, 2.05) is 18.7 Å². The fraction of sp³-hybridized carbons (Fsp3) is 0.286. The van der Waals surface area contributed by atoms with Crippen LogP contribution in [0.2, 0.25) is 0 Å². The summed E-state index contributed by atoms with van der Waals surface area (Å²) in [7, 11) is 3.72. The number of H-pyrrole nitrogens is 1. The van der Waals surface area contributed by atoms with Gasteiger partial charge >= 0.3 is 0 Å². The van der Waals surface area contributed by atoms with E-state index in [2.05, 4.69) is 20.3 Å². The van der Waals surface area contributed by atoms with Crippen molar-refractivity contribution in [2.24, 2.45) is 7.05 Å². The van der Waals surface area contributed by atoms with Gasteiger partial charge in [-0.3, -0.25) is 0 Å². The van der Waals surface area contributed by atoms with Crippen LogP contribution < -0.4 is 5.32 Å². The molecule has 2 aromatic heterocycles. The minimum Gasteiger partial charge on any atom is -0.371 e. The fourth-order valence-electron chi connectivity index (χ4n) is 1.26. The average Bonchev–Trinajstić information content (AvgIpc) is 2.46. The Morgan fingerprint density at radius 1 is 1.62 bits per heavy atom. The molecule has 0 spiro atoms. The predicted molar refractivity (Wildman–Crippen MR) is 53.2 cm³/mol. The average molecular weight is 195 g/mol. The zero-order valence-corrected chi connectivity index (χ0v) is 8.14. The number of aromatic nitrogens is 4. The van der Waals surface area contributed by atoms with Crippen molar-refractivity contribution in [3.05, 3.63) is 11.1 Å². The number of aryl methyl sites for hydroxylation is 1. The summed E-state index contributed by atoms with van der Waals surface area (Å²) in [6.45, 7) is 0. The number of aromatic amines is 1. The standard InChI is InChI=1S/C7H9N5S/c1-8-5-4-6(9-3-12(4)2)11-7(13)10-5/h3H,1-2H3,(H2,8,10,11,13). The molecule has 0 amide bonds. The van der Waals surface area contributed by atoms with E-state index in [0.717, 1.165) is 17.0 Å². The van der Waals surface area contributed by atoms with Gasteiger partial charge in [0.25, 0.3) is 0 Å². The highest BCUT2D eigenvalue weighted by Gasteiger charge is 2.06. The number of hydrogen-bond acceptors (Lipinski definition) is 4. The molecule has 0 bridgehead atoms. The molecule has 6 heteroatoms. The minimum absolute atomic E-state index is 0.440. The second-order valence-electron chi connectivity index (χ2n) is 2.69. The number of nitrogens with one attached hydrogen (secondary N) is 2. The van der Waals surface area contributed by atoms with E-state index in [0.29, 0.717) is 4.77 Å². The summed E-state index contributed by atoms with van der Waals surface area (Å²) in [5.74, 6) is 0.749. The van der Waals surface area contributed by atoms with Crippen molar-refractivity contribution in [1.29, 1.82) is 0 Å². The summed E-state index contributed by atoms with van der Waals surface area (Å²) in [6.07, 6.45) is 1.72. The topological polar surface area (TPSA) is 58.5 Å². The zero-order valence-electron chi connectivity index (χ0n) is 7.33. The van der Waals surface area contributed by atoms with Crippen LogP contribution in [0.3, 0.4) is 0 Å². The number of imidazole rings is 1. The van der Waals surface area contributed by atoms with Crippen LogP contribution in [0.25, 0.3) is 11.2 Å². The van der Waals surface area contributed by atoms with E-state index in [1.165, 1.54) is 0 Å². The van der Waals surface area contributed by atoms with E-state index in [-0.39, 0.29) is 0 Å². The van der Waals surface area contributed by atoms with Crippen LogP contribution in [-0.4, -0.2) is 26.6 Å². The molecule has 2 rings (SSSR count). The van der Waals surface area contributed by atoms with Gasteiger partial charge < -0.3 is 14.9 Å². The Balaban J connectivity index is 2.93. The molecule has 0 aliphatic heterocycles. The predicted octanol–water partition coefficient (Wildman–Crippen LogP) is 1.07. The molecule has 0 aromatic carbocycles. The smallest absolute Gasteiger partial charge is 0.200 e. The summed E-state index contributed by atoms with van der Waals surface area (Å²) in [6, 6.07) is 0. The number of hydrogen-bond donors (Lipinski definition) is 2. The quantitative estimate of drug-likeness (QED) is 0.668. The molecule has 0 unspecified atom stereocenters. The number of nitrogens with zero attached hydrogens (tertiary/aromatic N) is 3. The number of fused-ring (bicyclic) bond motifs is 1. The lowest BCUT2D eigenvalue weighted by atomic mass is 10.5. The van der Waals surface area contributed by atoms with Crippen LogP contribution >= 0.6 is 12.2 Å². The molecule has 0 aliphatic rings. The van der Waals surface area contributed by atoms with E-state index >= 15 is 0 Å². The van der Waals surface area contributed by atoms with Crippen molar-refractivity contribution < 1.29 is 0 Å². The maximum absolute atomic E-state index is 4.95. The summed E-state index contributed by atoms with van der Waals surface area (Å²) in [5, 5.41) is 2.98. The van der Waals surface area contributed by atoms with Crippen LogP contribution in [0.4, 0.5) is 5.82 Å². The minimum atomic E-state index is 0.440. The van der Waals surface area contributed by atoms with Crippen LogP contribution in [-0.2, 0) is 7.05 Å². The first-order valence-corrected chi connectivity index (χ1v) is 4.22. The van der Waals surface area contributed by atoms with Crippen LogP contribution in [0.15, 0.2) is 6.33 Å². The molecule has 2 aromatic rings. The third-order valence-electron chi connectivity index (χ3n) is 1.84. The third kappa shape index (κ3) is 1.19. The summed E-state index contributed by atoms with van der Waals surface area (Å²) in [4.78, 5) is 11.2. The highest BCUT2D eigenvalue weighted by Crippen LogP contribution is 2.16. The Morgan fingerprint density at radius 2 is 2.38 bits per heavy atom. The van der Waals surface area contributed by atoms with Crippen LogP contribution in [0, 0.1) is 4.77 Å². The van der Waals surface area contributed by atoms with Gasteiger partial charge in [-0.15, -0.1) is 0 Å². The molecule has 2 heterocycles. The Bertz CT molecular complexity index is 497. The van der Waals surface area contributed by atoms with Crippen molar-refractivity contribution in [3.63, 3.8) is 0 Å². The zero-order chi connectivity index (χ0) is 9.42. The van der Waals surface area contributed by atoms with E-state index in [9.17, 15) is 0 Å². The van der Waals surface area contributed by atoms with Gasteiger partial charge in [0, 0.05) is 14.1 Å². The molecule has 0 saturated heterocycles. The summed E-state index contributed by atoms with van der Waals surface area (Å²) < 4.78 is 2.33. The normalized spacial score (nSPS) is 10.6. The van der Waals surface area contributed by atoms with Gasteiger partial charge in [0.1, 0.15) is 5.52 Å². The maximum Gasteiger partial charge on any atom is 0.200 e. The lowest BCUT2D eigenvalue weighted by molar-refractivity contribution is 0.944. The van der Waals surface area contributed by atoms with E-state index in [1.54, 1.807) is 6.33 Å². The van der Waals surface area contributed by atoms with Crippen molar-refractivity contribution in [1.82, 2.24) is 19.5 Å². The summed E-state index contributed by atoms with van der Waals surface area (Å²) in [5.41, 5.74) is 1.68. The molecule has 5 nitrogen and oxygen atoms in total. The largest absolute Gasteiger partial charge is 0.371 e. The van der Waals surface area contributed by atoms with Crippen LogP contribution in [0.5, 0.6) is 0 Å². The molecule has 13 heavy (non-hydrogen) atoms. The van der Waals surface area contributed by atoms with Crippen LogP contribution in [0.1, 0.15) is 0 Å². The van der Waals surface area contributed by atoms with Gasteiger partial charge in [0.15, 0.2) is 11.5 Å². The first kappa shape index (κ1) is 8.18. The Kier molecular flexibility index (Phi) is 1.77. The monoisotopic (exact) mass is 195 g/mol. The van der Waals surface area contributed by atoms with Gasteiger partial charge in [-0.1, -0.05) is 0 Å². The van der Waals surface area contributed by atoms with Gasteiger partial charge in [-0.2, -0.15) is 0 Å². The summed E-state index contributed by atoms with van der Waals surface area (Å²) >= 11 is 4.95. The highest BCUT2D eigenvalue weighted by molar-refractivity contribution is 7.71. The number of rotatable bonds is 1. The highest BCUT2D eigenvalue weighted by atomic mass is 32.1. The van der Waals surface area contributed by atoms with Gasteiger partial charge in [0.05, 0.1) is 6.33 Å². The maximum atomic E-state index is 4.95. The Morgan fingerprint density at radius 3 is 3.08 bits per heavy atom. The molecule has 68 valence electrons. The van der Waals surface area contributed by atoms with Gasteiger partial charge in [-0.25, -0.2) is 9.97 Å². The fourth-order valence-corrected chi connectivity index (χ4v) is 1.45. The van der Waals surface area contributed by atoms with Crippen molar-refractivity contribution in [2.75, 3.05) is 12.4 Å². The second-order valence-corrected chi connectivity index (χ2v) is 3.08. The van der Waals surface area contributed by atoms with Gasteiger partial charge in [-0.05, 0) is 12.2 Å². The lowest BCUT2D eigenvalue weighted by Crippen LogP contribution is -1.98. The molecule has 0 atom stereocenters. The Hall–Kier alpha value is -1.43. The van der Waals surface area contributed by atoms with Gasteiger partial charge in [0.2, 0.25) is 4.77 Å². The Labute approximate surface area is 79.8 Å². The third-order valence-corrected chi connectivity index (χ3v) is 2.03. The molecule has 0 saturated carbocycles. The molecule has 0 radical (unpaired) electrons. The SMILES string of the molecule is CNc1nc(=S)[nH]c2ncn(C)c12. The molecule has 2 N–H and O–H groups in total. The van der Waals surface area contributed by atoms with Crippen molar-refractivity contribution >= 4 is 29.2 Å². The molecular weight excluding hydrogens is 186 g/mol. The van der Waals surface area contributed by atoms with Crippen molar-refractivity contribution in [3.8, 4) is 0 Å². The lowest BCUT2D eigenvalue weighted by Gasteiger charge is -2.01. The number of anilines is 1. The second kappa shape index (κ2) is 2.81. The molecule has 0 aliphatic carbocycles. The molecular formula is C7H9N5S. The van der Waals surface area contributed by atoms with E-state index in [4.69, 9.17) is 12.2 Å². The molecule has 0 fully saturated rings. The first-order valence-electron chi connectivity index (χ1n) is 3.81. The first-order chi connectivity index (χ1) is 6.22. The van der Waals surface area contributed by atoms with Crippen molar-refractivity contribution in [2.45, 2.75) is 0 Å².